The Kier molecular flexibility index (Phi) is 15.1. The summed E-state index contributed by atoms with van der Waals surface area (Å²) >= 11 is 0. The van der Waals surface area contributed by atoms with Gasteiger partial charge in [-0.05, 0) is 38.5 Å². The molecule has 2 fully saturated rings. The third-order valence-corrected chi connectivity index (χ3v) is 9.59. The molecule has 195 valence electrons. The first-order valence-electron chi connectivity index (χ1n) is 11.4. The largest absolute Gasteiger partial charge is 2.00 e. The molecular weight excluding hydrogens is 563 g/mol. The van der Waals surface area contributed by atoms with Crippen molar-refractivity contribution in [2.45, 2.75) is 90.1 Å². The van der Waals surface area contributed by atoms with E-state index in [0.29, 0.717) is 51.6 Å². The van der Waals surface area contributed by atoms with Crippen LogP contribution in [0.2, 0.25) is 0 Å². The summed E-state index contributed by atoms with van der Waals surface area (Å²) in [6, 6.07) is -1.90. The molecule has 2 unspecified atom stereocenters. The van der Waals surface area contributed by atoms with Gasteiger partial charge in [0.15, 0.2) is 0 Å². The van der Waals surface area contributed by atoms with Gasteiger partial charge in [-0.2, -0.15) is 8.61 Å². The van der Waals surface area contributed by atoms with Gasteiger partial charge in [-0.1, -0.05) is 39.5 Å². The Morgan fingerprint density at radius 3 is 1.33 bits per heavy atom. The van der Waals surface area contributed by atoms with Crippen LogP contribution in [0.4, 0.5) is 0 Å². The van der Waals surface area contributed by atoms with E-state index < -0.39 is 44.1 Å². The molecule has 0 aromatic carbocycles. The van der Waals surface area contributed by atoms with E-state index in [1.807, 2.05) is 13.8 Å². The van der Waals surface area contributed by atoms with E-state index >= 15 is 0 Å². The molecule has 0 aromatic rings. The molecule has 33 heavy (non-hydrogen) atoms. The number of hydrogen-bond donors (Lipinski definition) is 0. The molecule has 0 N–H and O–H groups in total. The van der Waals surface area contributed by atoms with Gasteiger partial charge in [0, 0.05) is 13.1 Å². The molecule has 10 nitrogen and oxygen atoms in total. The van der Waals surface area contributed by atoms with Crippen LogP contribution in [0.1, 0.15) is 78.1 Å². The van der Waals surface area contributed by atoms with Gasteiger partial charge in [0.25, 0.3) is 0 Å². The van der Waals surface area contributed by atoms with E-state index in [1.54, 1.807) is 0 Å². The molecule has 0 spiro atoms. The average Bonchev–Trinajstić information content (AvgIpc) is 3.39. The minimum Gasteiger partial charge on any atom is -0.548 e. The summed E-state index contributed by atoms with van der Waals surface area (Å²) in [7, 11) is -6.83. The van der Waals surface area contributed by atoms with Gasteiger partial charge in [0.1, 0.15) is 0 Å². The van der Waals surface area contributed by atoms with Crippen LogP contribution in [-0.4, -0.2) is 74.1 Å². The van der Waals surface area contributed by atoms with Crippen LogP contribution >= 0.6 is 0 Å². The van der Waals surface area contributed by atoms with Crippen molar-refractivity contribution in [3.8, 4) is 0 Å². The van der Waals surface area contributed by atoms with E-state index in [4.69, 9.17) is 0 Å². The number of aliphatic carboxylic acids is 2. The smallest absolute Gasteiger partial charge is 0.548 e. The third-order valence-electron chi connectivity index (χ3n) is 5.68. The van der Waals surface area contributed by atoms with Gasteiger partial charge in [-0.3, -0.25) is 0 Å². The molecule has 2 heterocycles. The van der Waals surface area contributed by atoms with Crippen LogP contribution in [0.25, 0.3) is 0 Å². The van der Waals surface area contributed by atoms with E-state index in [0.717, 1.165) is 34.3 Å². The van der Waals surface area contributed by atoms with Gasteiger partial charge in [-0.25, -0.2) is 16.8 Å². The number of unbranched alkanes of at least 4 members (excludes halogenated alkanes) is 4. The minimum absolute atomic E-state index is 0. The van der Waals surface area contributed by atoms with Crippen LogP contribution in [0.5, 0.6) is 0 Å². The predicted molar refractivity (Wildman–Crippen MR) is 116 cm³/mol. The van der Waals surface area contributed by atoms with E-state index in [9.17, 15) is 36.6 Å². The summed E-state index contributed by atoms with van der Waals surface area (Å²) in [6.45, 7) is 4.61. The predicted octanol–water partition coefficient (Wildman–Crippen LogP) is -0.561. The fraction of sp³-hybridized carbons (Fsp3) is 0.900. The quantitative estimate of drug-likeness (QED) is 0.214. The summed E-state index contributed by atoms with van der Waals surface area (Å²) in [4.78, 5) is 21.5. The Morgan fingerprint density at radius 1 is 0.727 bits per heavy atom. The number of carboxylic acids is 2. The molecule has 2 aliphatic heterocycles. The van der Waals surface area contributed by atoms with E-state index in [1.165, 1.54) is 0 Å². The van der Waals surface area contributed by atoms with Crippen molar-refractivity contribution in [2.75, 3.05) is 24.6 Å². The van der Waals surface area contributed by atoms with Crippen molar-refractivity contribution in [2.24, 2.45) is 0 Å². The minimum atomic E-state index is -3.41. The monoisotopic (exact) mass is 599 g/mol. The summed E-state index contributed by atoms with van der Waals surface area (Å²) in [6.07, 6.45) is 6.72. The zero-order chi connectivity index (χ0) is 24.4. The molecule has 0 saturated carbocycles. The normalized spacial score (nSPS) is 21.8. The zero-order valence-corrected chi connectivity index (χ0v) is 22.6. The number of carboxylic acid groups (broad SMARTS) is 2. The summed E-state index contributed by atoms with van der Waals surface area (Å²) < 4.78 is 49.6. The molecule has 1 radical (unpaired) electrons. The topological polar surface area (TPSA) is 155 Å². The molecule has 13 heteroatoms. The molecule has 0 aromatic heterocycles. The summed E-state index contributed by atoms with van der Waals surface area (Å²) in [5.41, 5.74) is 0. The molecule has 2 atom stereocenters. The molecule has 0 aliphatic carbocycles. The maximum Gasteiger partial charge on any atom is 2.00 e. The second-order valence-corrected chi connectivity index (χ2v) is 12.3. The van der Waals surface area contributed by atoms with Crippen molar-refractivity contribution in [1.29, 1.82) is 0 Å². The Hall–Kier alpha value is -0.617. The second kappa shape index (κ2) is 15.4. The van der Waals surface area contributed by atoms with Crippen molar-refractivity contribution in [3.63, 3.8) is 0 Å². The van der Waals surface area contributed by atoms with Gasteiger partial charge in [0.05, 0.1) is 35.5 Å². The number of hydrogen-bond acceptors (Lipinski definition) is 8. The Morgan fingerprint density at radius 2 is 1.06 bits per heavy atom. The molecule has 2 rings (SSSR count). The van der Waals surface area contributed by atoms with Crippen LogP contribution in [0, 0.1) is 0 Å². The number of rotatable bonds is 12. The molecule has 0 amide bonds. The fourth-order valence-electron chi connectivity index (χ4n) is 3.92. The zero-order valence-electron chi connectivity index (χ0n) is 19.4. The SMILES string of the molecule is CCCCCS(=O)(=O)N1CCCC1C(=O)[O-].CCCCCS(=O)(=O)N1CCCC1C(=O)[O-].[Rh+2]. The maximum atomic E-state index is 11.9. The van der Waals surface area contributed by atoms with Gasteiger partial charge in [-0.15, -0.1) is 0 Å². The average molecular weight is 600 g/mol. The van der Waals surface area contributed by atoms with Gasteiger partial charge < -0.3 is 19.8 Å². The van der Waals surface area contributed by atoms with Crippen molar-refractivity contribution < 1.29 is 56.1 Å². The van der Waals surface area contributed by atoms with Crippen molar-refractivity contribution in [1.82, 2.24) is 8.61 Å². The van der Waals surface area contributed by atoms with Crippen LogP contribution in [0.3, 0.4) is 0 Å². The first kappa shape index (κ1) is 32.4. The standard InChI is InChI=1S/2C10H19NO4S.Rh/c2*1-2-3-4-8-16(14,15)11-7-5-6-9(11)10(12)13;/h2*9H,2-8H2,1H3,(H,12,13);/q;;+2/p-2. The summed E-state index contributed by atoms with van der Waals surface area (Å²) in [5.74, 6) is -2.47. The van der Waals surface area contributed by atoms with E-state index in [2.05, 4.69) is 0 Å². The van der Waals surface area contributed by atoms with E-state index in [-0.39, 0.29) is 31.0 Å². The van der Waals surface area contributed by atoms with Crippen molar-refractivity contribution >= 4 is 32.0 Å². The van der Waals surface area contributed by atoms with Crippen LogP contribution in [-0.2, 0) is 49.1 Å². The summed E-state index contributed by atoms with van der Waals surface area (Å²) in [5, 5.41) is 21.5. The molecular formula is C20H36N2O8RhS2. The van der Waals surface area contributed by atoms with Crippen LogP contribution < -0.4 is 10.2 Å². The Labute approximate surface area is 211 Å². The number of nitrogens with zero attached hydrogens (tertiary/aromatic N) is 2. The number of sulfonamides is 2. The van der Waals surface area contributed by atoms with Crippen LogP contribution in [0.15, 0.2) is 0 Å². The molecule has 2 saturated heterocycles. The molecule has 2 aliphatic rings. The maximum absolute atomic E-state index is 11.9. The Bertz CT molecular complexity index is 752. The second-order valence-electron chi connectivity index (χ2n) is 8.22. The fourth-order valence-corrected chi connectivity index (χ4v) is 7.50. The molecule has 0 bridgehead atoms. The number of carbonyl (C=O) groups excluding carboxylic acids is 2. The first-order chi connectivity index (χ1) is 15.0. The van der Waals surface area contributed by atoms with Gasteiger partial charge in [0.2, 0.25) is 20.0 Å². The number of carbonyl (C=O) groups is 2. The van der Waals surface area contributed by atoms with Gasteiger partial charge >= 0.3 is 19.5 Å². The Balaban J connectivity index is 0.000000602. The van der Waals surface area contributed by atoms with Crippen molar-refractivity contribution in [3.05, 3.63) is 0 Å². The third kappa shape index (κ3) is 10.3. The first-order valence-corrected chi connectivity index (χ1v) is 14.6.